The van der Waals surface area contributed by atoms with Crippen LogP contribution in [-0.2, 0) is 0 Å². The SMILES string of the molecule is c1cc(-c2cc(NC3CC[NH+](SC4CC4)CC3)c3cnccc3c2)ccn1. The molecule has 0 atom stereocenters. The molecule has 3 aromatic rings. The molecule has 2 aliphatic rings. The Morgan fingerprint density at radius 2 is 1.67 bits per heavy atom. The minimum Gasteiger partial charge on any atom is -0.381 e. The molecule has 0 bridgehead atoms. The van der Waals surface area contributed by atoms with Gasteiger partial charge in [0.05, 0.1) is 30.3 Å². The molecule has 0 spiro atoms. The van der Waals surface area contributed by atoms with Gasteiger partial charge in [-0.2, -0.15) is 0 Å². The normalized spacial score (nSPS) is 22.7. The maximum Gasteiger partial charge on any atom is 0.0896 e. The van der Waals surface area contributed by atoms with Crippen LogP contribution in [0.3, 0.4) is 0 Å². The molecule has 3 heterocycles. The fourth-order valence-electron chi connectivity index (χ4n) is 3.87. The van der Waals surface area contributed by atoms with Gasteiger partial charge in [0.15, 0.2) is 0 Å². The summed E-state index contributed by atoms with van der Waals surface area (Å²) in [6, 6.07) is 11.3. The minimum absolute atomic E-state index is 0.546. The smallest absolute Gasteiger partial charge is 0.0896 e. The molecular weight excluding hydrogens is 352 g/mol. The van der Waals surface area contributed by atoms with Crippen molar-refractivity contribution in [2.24, 2.45) is 0 Å². The van der Waals surface area contributed by atoms with E-state index in [4.69, 9.17) is 0 Å². The number of anilines is 1. The Hall–Kier alpha value is -2.11. The van der Waals surface area contributed by atoms with Crippen molar-refractivity contribution in [1.29, 1.82) is 0 Å². The summed E-state index contributed by atoms with van der Waals surface area (Å²) in [6.07, 6.45) is 12.9. The lowest BCUT2D eigenvalue weighted by Crippen LogP contribution is -3.07. The summed E-state index contributed by atoms with van der Waals surface area (Å²) in [4.78, 5) is 8.51. The Labute approximate surface area is 164 Å². The molecule has 2 aromatic heterocycles. The summed E-state index contributed by atoms with van der Waals surface area (Å²) < 4.78 is 1.73. The van der Waals surface area contributed by atoms with Crippen molar-refractivity contribution >= 4 is 28.4 Å². The first-order valence-corrected chi connectivity index (χ1v) is 10.8. The van der Waals surface area contributed by atoms with Gasteiger partial charge >= 0.3 is 0 Å². The van der Waals surface area contributed by atoms with E-state index in [9.17, 15) is 0 Å². The number of hydrogen-bond donors (Lipinski definition) is 2. The van der Waals surface area contributed by atoms with Gasteiger partial charge in [0.25, 0.3) is 0 Å². The maximum absolute atomic E-state index is 4.36. The van der Waals surface area contributed by atoms with E-state index in [1.807, 2.05) is 24.8 Å². The van der Waals surface area contributed by atoms with Gasteiger partial charge in [0.2, 0.25) is 0 Å². The lowest BCUT2D eigenvalue weighted by atomic mass is 10.00. The van der Waals surface area contributed by atoms with Gasteiger partial charge in [-0.3, -0.25) is 14.3 Å². The summed E-state index contributed by atoms with van der Waals surface area (Å²) in [7, 11) is 0. The number of rotatable bonds is 5. The van der Waals surface area contributed by atoms with Crippen LogP contribution >= 0.6 is 11.9 Å². The molecule has 138 valence electrons. The number of piperidine rings is 1. The zero-order valence-electron chi connectivity index (χ0n) is 15.4. The predicted molar refractivity (Wildman–Crippen MR) is 113 cm³/mol. The first kappa shape index (κ1) is 17.0. The number of quaternary nitrogens is 1. The lowest BCUT2D eigenvalue weighted by Gasteiger charge is -2.29. The van der Waals surface area contributed by atoms with Crippen molar-refractivity contribution in [3.63, 3.8) is 0 Å². The summed E-state index contributed by atoms with van der Waals surface area (Å²) in [5, 5.41) is 7.22. The highest BCUT2D eigenvalue weighted by Gasteiger charge is 2.32. The van der Waals surface area contributed by atoms with Crippen LogP contribution in [0, 0.1) is 0 Å². The van der Waals surface area contributed by atoms with E-state index in [-0.39, 0.29) is 0 Å². The Morgan fingerprint density at radius 3 is 2.44 bits per heavy atom. The molecular formula is C22H25N4S+. The van der Waals surface area contributed by atoms with Crippen LogP contribution in [0.4, 0.5) is 5.69 Å². The van der Waals surface area contributed by atoms with Gasteiger partial charge in [0, 0.05) is 54.7 Å². The van der Waals surface area contributed by atoms with Crippen molar-refractivity contribution < 1.29 is 4.31 Å². The molecule has 1 aliphatic heterocycles. The van der Waals surface area contributed by atoms with E-state index in [1.54, 1.807) is 4.31 Å². The molecule has 5 rings (SSSR count). The van der Waals surface area contributed by atoms with E-state index in [0.717, 1.165) is 5.25 Å². The monoisotopic (exact) mass is 377 g/mol. The van der Waals surface area contributed by atoms with E-state index < -0.39 is 0 Å². The second-order valence-corrected chi connectivity index (χ2v) is 9.11. The Kier molecular flexibility index (Phi) is 4.72. The Morgan fingerprint density at radius 1 is 0.889 bits per heavy atom. The zero-order valence-corrected chi connectivity index (χ0v) is 16.2. The highest BCUT2D eigenvalue weighted by atomic mass is 32.2. The topological polar surface area (TPSA) is 42.2 Å². The third-order valence-corrected chi connectivity index (χ3v) is 7.08. The molecule has 1 saturated carbocycles. The van der Waals surface area contributed by atoms with E-state index in [0.29, 0.717) is 6.04 Å². The number of aromatic nitrogens is 2. The van der Waals surface area contributed by atoms with Crippen LogP contribution in [0.1, 0.15) is 25.7 Å². The summed E-state index contributed by atoms with van der Waals surface area (Å²) in [5.74, 6) is 0. The predicted octanol–water partition coefficient (Wildman–Crippen LogP) is 3.57. The average molecular weight is 378 g/mol. The molecule has 0 radical (unpaired) electrons. The van der Waals surface area contributed by atoms with Crippen LogP contribution in [0.25, 0.3) is 21.9 Å². The molecule has 1 aromatic carbocycles. The highest BCUT2D eigenvalue weighted by Crippen LogP contribution is 2.32. The highest BCUT2D eigenvalue weighted by molar-refractivity contribution is 7.93. The molecule has 2 N–H and O–H groups in total. The third kappa shape index (κ3) is 3.94. The second kappa shape index (κ2) is 7.49. The van der Waals surface area contributed by atoms with E-state index in [1.165, 1.54) is 66.4 Å². The molecule has 0 unspecified atom stereocenters. The quantitative estimate of drug-likeness (QED) is 0.667. The van der Waals surface area contributed by atoms with Crippen molar-refractivity contribution in [3.05, 3.63) is 55.1 Å². The third-order valence-electron chi connectivity index (χ3n) is 5.53. The van der Waals surface area contributed by atoms with Gasteiger partial charge < -0.3 is 5.32 Å². The molecule has 27 heavy (non-hydrogen) atoms. The van der Waals surface area contributed by atoms with Crippen molar-refractivity contribution in [3.8, 4) is 11.1 Å². The largest absolute Gasteiger partial charge is 0.381 e. The summed E-state index contributed by atoms with van der Waals surface area (Å²) in [5.41, 5.74) is 3.63. The Bertz CT molecular complexity index is 918. The first-order valence-electron chi connectivity index (χ1n) is 9.91. The standard InChI is InChI=1S/C22H24N4S/c1-2-20(1)27-26-11-6-19(7-12-26)25-22-14-18(16-3-8-23-9-4-16)13-17-5-10-24-15-21(17)22/h3-5,8-10,13-15,19-20,25H,1-2,6-7,11-12H2/p+1. The maximum atomic E-state index is 4.36. The molecule has 5 heteroatoms. The molecule has 2 fully saturated rings. The lowest BCUT2D eigenvalue weighted by molar-refractivity contribution is -0.762. The summed E-state index contributed by atoms with van der Waals surface area (Å²) >= 11 is 2.17. The fourth-order valence-corrected chi connectivity index (χ4v) is 5.19. The number of nitrogens with one attached hydrogen (secondary N) is 2. The van der Waals surface area contributed by atoms with Crippen molar-refractivity contribution in [2.45, 2.75) is 37.0 Å². The number of benzene rings is 1. The fraction of sp³-hybridized carbons (Fsp3) is 0.364. The second-order valence-electron chi connectivity index (χ2n) is 7.63. The first-order chi connectivity index (χ1) is 13.3. The van der Waals surface area contributed by atoms with Gasteiger partial charge in [-0.25, -0.2) is 0 Å². The van der Waals surface area contributed by atoms with Gasteiger partial charge in [-0.1, -0.05) is 0 Å². The van der Waals surface area contributed by atoms with Crippen LogP contribution < -0.4 is 9.62 Å². The number of hydrogen-bond acceptors (Lipinski definition) is 4. The molecule has 4 nitrogen and oxygen atoms in total. The van der Waals surface area contributed by atoms with Crippen LogP contribution in [-0.4, -0.2) is 34.3 Å². The van der Waals surface area contributed by atoms with Gasteiger partial charge in [0.1, 0.15) is 0 Å². The summed E-state index contributed by atoms with van der Waals surface area (Å²) in [6.45, 7) is 2.53. The van der Waals surface area contributed by atoms with Gasteiger partial charge in [-0.05, 0) is 59.7 Å². The van der Waals surface area contributed by atoms with Crippen LogP contribution in [0.2, 0.25) is 0 Å². The molecule has 1 saturated heterocycles. The number of nitrogens with zero attached hydrogens (tertiary/aromatic N) is 2. The molecule has 1 aliphatic carbocycles. The van der Waals surface area contributed by atoms with Gasteiger partial charge in [-0.15, -0.1) is 0 Å². The van der Waals surface area contributed by atoms with E-state index >= 15 is 0 Å². The van der Waals surface area contributed by atoms with Crippen LogP contribution in [0.15, 0.2) is 55.1 Å². The zero-order chi connectivity index (χ0) is 18.1. The minimum atomic E-state index is 0.546. The van der Waals surface area contributed by atoms with Crippen LogP contribution in [0.5, 0.6) is 0 Å². The van der Waals surface area contributed by atoms with Crippen molar-refractivity contribution in [2.75, 3.05) is 18.4 Å². The molecule has 0 amide bonds. The number of fused-ring (bicyclic) bond motifs is 1. The van der Waals surface area contributed by atoms with E-state index in [2.05, 4.69) is 57.6 Å². The van der Waals surface area contributed by atoms with Crippen molar-refractivity contribution in [1.82, 2.24) is 9.97 Å². The average Bonchev–Trinajstić information content (AvgIpc) is 3.54. The Balaban J connectivity index is 1.38. The number of pyridine rings is 2.